The maximum Gasteiger partial charge on any atom is 0.188 e. The smallest absolute Gasteiger partial charge is 0.188 e. The van der Waals surface area contributed by atoms with Gasteiger partial charge in [-0.3, -0.25) is 0 Å². The van der Waals surface area contributed by atoms with Crippen molar-refractivity contribution >= 4 is 22.3 Å². The summed E-state index contributed by atoms with van der Waals surface area (Å²) < 4.78 is 11.0. The number of methoxy groups -OCH3 is 1. The molecule has 0 aliphatic carbocycles. The van der Waals surface area contributed by atoms with Gasteiger partial charge in [0.15, 0.2) is 6.79 Å². The first kappa shape index (κ1) is 25.7. The van der Waals surface area contributed by atoms with E-state index in [0.717, 1.165) is 57.1 Å². The molecule has 0 unspecified atom stereocenters. The van der Waals surface area contributed by atoms with Crippen LogP contribution in [-0.2, 0) is 24.1 Å². The van der Waals surface area contributed by atoms with Gasteiger partial charge in [0.25, 0.3) is 0 Å². The van der Waals surface area contributed by atoms with Gasteiger partial charge in [0.2, 0.25) is 0 Å². The number of piperidine rings is 1. The molecule has 0 amide bonds. The van der Waals surface area contributed by atoms with Crippen molar-refractivity contribution in [3.05, 3.63) is 53.5 Å². The number of hydrogen-bond donors (Lipinski definition) is 0. The average molecular weight is 504 g/mol. The molecule has 0 radical (unpaired) electrons. The topological polar surface area (TPSA) is 54.0 Å². The molecular weight excluding hydrogens is 462 g/mol. The standard InChI is InChI=1S/C30H41N5O2/c1-22(19-33(2)3)16-29-31-27-20-35(15-12-26(27)30(32-29)34-13-8-5-9-14-34)28-18-24(37-21-36-4)17-23-10-6-7-11-25(23)28/h6-7,10-11,17-18,22H,5,8-9,12-16,19-21H2,1-4H3/t22-/m0/s1. The number of nitrogens with zero attached hydrogens (tertiary/aromatic N) is 5. The van der Waals surface area contributed by atoms with E-state index in [9.17, 15) is 0 Å². The highest BCUT2D eigenvalue weighted by Gasteiger charge is 2.27. The van der Waals surface area contributed by atoms with Crippen LogP contribution >= 0.6 is 0 Å². The highest BCUT2D eigenvalue weighted by Crippen LogP contribution is 2.36. The van der Waals surface area contributed by atoms with E-state index < -0.39 is 0 Å². The monoisotopic (exact) mass is 503 g/mol. The number of benzene rings is 2. The van der Waals surface area contributed by atoms with Crippen LogP contribution in [0.1, 0.15) is 43.3 Å². The minimum absolute atomic E-state index is 0.238. The second kappa shape index (κ2) is 11.7. The Morgan fingerprint density at radius 1 is 1.00 bits per heavy atom. The van der Waals surface area contributed by atoms with Crippen molar-refractivity contribution in [1.29, 1.82) is 0 Å². The highest BCUT2D eigenvalue weighted by atomic mass is 16.7. The van der Waals surface area contributed by atoms with Gasteiger partial charge in [-0.05, 0) is 57.1 Å². The SMILES string of the molecule is COCOc1cc(N2CCc3c(nc(C[C@H](C)CN(C)C)nc3N3CCCCC3)C2)c2ccccc2c1. The van der Waals surface area contributed by atoms with E-state index in [4.69, 9.17) is 19.4 Å². The van der Waals surface area contributed by atoms with E-state index in [1.165, 1.54) is 52.8 Å². The van der Waals surface area contributed by atoms with Gasteiger partial charge in [-0.2, -0.15) is 0 Å². The van der Waals surface area contributed by atoms with Crippen molar-refractivity contribution in [1.82, 2.24) is 14.9 Å². The molecule has 1 saturated heterocycles. The van der Waals surface area contributed by atoms with Crippen LogP contribution in [0.15, 0.2) is 36.4 Å². The summed E-state index contributed by atoms with van der Waals surface area (Å²) in [6.45, 7) is 7.49. The molecule has 7 nitrogen and oxygen atoms in total. The molecule has 0 saturated carbocycles. The number of anilines is 2. The lowest BCUT2D eigenvalue weighted by atomic mass is 10.00. The molecule has 1 aromatic heterocycles. The number of aromatic nitrogens is 2. The zero-order valence-corrected chi connectivity index (χ0v) is 22.9. The van der Waals surface area contributed by atoms with Crippen LogP contribution < -0.4 is 14.5 Å². The van der Waals surface area contributed by atoms with E-state index in [1.54, 1.807) is 7.11 Å². The first-order chi connectivity index (χ1) is 18.0. The zero-order valence-electron chi connectivity index (χ0n) is 22.9. The molecule has 1 fully saturated rings. The van der Waals surface area contributed by atoms with Crippen LogP contribution in [0.2, 0.25) is 0 Å². The van der Waals surface area contributed by atoms with Gasteiger partial charge in [-0.15, -0.1) is 0 Å². The number of ether oxygens (including phenoxy) is 2. The van der Waals surface area contributed by atoms with Gasteiger partial charge < -0.3 is 24.2 Å². The molecule has 0 bridgehead atoms. The van der Waals surface area contributed by atoms with Crippen LogP contribution in [-0.4, -0.2) is 69.0 Å². The van der Waals surface area contributed by atoms with Crippen molar-refractivity contribution in [3.8, 4) is 5.75 Å². The van der Waals surface area contributed by atoms with Gasteiger partial charge in [0.05, 0.1) is 12.2 Å². The molecule has 2 aromatic carbocycles. The van der Waals surface area contributed by atoms with Gasteiger partial charge in [0, 0.05) is 62.4 Å². The molecule has 37 heavy (non-hydrogen) atoms. The fourth-order valence-corrected chi connectivity index (χ4v) is 5.86. The molecule has 2 aliphatic rings. The van der Waals surface area contributed by atoms with E-state index in [-0.39, 0.29) is 6.79 Å². The molecule has 0 N–H and O–H groups in total. The summed E-state index contributed by atoms with van der Waals surface area (Å²) in [5, 5.41) is 2.41. The van der Waals surface area contributed by atoms with Gasteiger partial charge in [-0.25, -0.2) is 9.97 Å². The van der Waals surface area contributed by atoms with Crippen molar-refractivity contribution in [2.75, 3.05) is 64.0 Å². The summed E-state index contributed by atoms with van der Waals surface area (Å²) in [6.07, 6.45) is 5.66. The van der Waals surface area contributed by atoms with E-state index >= 15 is 0 Å². The quantitative estimate of drug-likeness (QED) is 0.385. The van der Waals surface area contributed by atoms with Crippen molar-refractivity contribution in [2.45, 2.75) is 45.6 Å². The predicted octanol–water partition coefficient (Wildman–Crippen LogP) is 4.91. The second-order valence-electron chi connectivity index (χ2n) is 10.9. The molecule has 1 atom stereocenters. The summed E-state index contributed by atoms with van der Waals surface area (Å²) in [4.78, 5) is 17.6. The first-order valence-electron chi connectivity index (χ1n) is 13.7. The highest BCUT2D eigenvalue weighted by molar-refractivity contribution is 5.95. The van der Waals surface area contributed by atoms with Gasteiger partial charge >= 0.3 is 0 Å². The van der Waals surface area contributed by atoms with Gasteiger partial charge in [-0.1, -0.05) is 31.2 Å². The Bertz CT molecular complexity index is 1210. The Hall–Kier alpha value is -2.90. The normalized spacial score (nSPS) is 16.8. The van der Waals surface area contributed by atoms with Crippen LogP contribution in [0.3, 0.4) is 0 Å². The lowest BCUT2D eigenvalue weighted by Crippen LogP contribution is -2.36. The minimum atomic E-state index is 0.238. The van der Waals surface area contributed by atoms with Crippen molar-refractivity contribution in [3.63, 3.8) is 0 Å². The van der Waals surface area contributed by atoms with Crippen molar-refractivity contribution < 1.29 is 9.47 Å². The second-order valence-corrected chi connectivity index (χ2v) is 10.9. The number of rotatable bonds is 9. The van der Waals surface area contributed by atoms with Crippen molar-refractivity contribution in [2.24, 2.45) is 5.92 Å². The Morgan fingerprint density at radius 2 is 1.81 bits per heavy atom. The third-order valence-electron chi connectivity index (χ3n) is 7.45. The first-order valence-corrected chi connectivity index (χ1v) is 13.7. The third kappa shape index (κ3) is 5.99. The van der Waals surface area contributed by atoms with E-state index in [2.05, 4.69) is 72.1 Å². The Labute approximate surface area is 221 Å². The maximum absolute atomic E-state index is 5.87. The molecule has 3 heterocycles. The predicted molar refractivity (Wildman–Crippen MR) is 151 cm³/mol. The minimum Gasteiger partial charge on any atom is -0.467 e. The lowest BCUT2D eigenvalue weighted by Gasteiger charge is -2.35. The Kier molecular flexibility index (Phi) is 8.11. The molecule has 0 spiro atoms. The Morgan fingerprint density at radius 3 is 2.59 bits per heavy atom. The van der Waals surface area contributed by atoms with Crippen LogP contribution in [0, 0.1) is 5.92 Å². The molecular formula is C30H41N5O2. The summed E-state index contributed by atoms with van der Waals surface area (Å²) >= 11 is 0. The third-order valence-corrected chi connectivity index (χ3v) is 7.45. The van der Waals surface area contributed by atoms with Gasteiger partial charge in [0.1, 0.15) is 17.4 Å². The van der Waals surface area contributed by atoms with E-state index in [1.807, 2.05) is 0 Å². The summed E-state index contributed by atoms with van der Waals surface area (Å²) in [5.74, 6) is 3.51. The summed E-state index contributed by atoms with van der Waals surface area (Å²) in [5.41, 5.74) is 3.72. The zero-order chi connectivity index (χ0) is 25.8. The average Bonchev–Trinajstić information content (AvgIpc) is 2.90. The Balaban J connectivity index is 1.50. The molecule has 5 rings (SSSR count). The fraction of sp³-hybridized carbons (Fsp3) is 0.533. The summed E-state index contributed by atoms with van der Waals surface area (Å²) in [7, 11) is 5.92. The van der Waals surface area contributed by atoms with Crippen LogP contribution in [0.25, 0.3) is 10.8 Å². The molecule has 198 valence electrons. The largest absolute Gasteiger partial charge is 0.467 e. The molecule has 3 aromatic rings. The number of hydrogen-bond acceptors (Lipinski definition) is 7. The van der Waals surface area contributed by atoms with E-state index in [0.29, 0.717) is 5.92 Å². The molecule has 7 heteroatoms. The maximum atomic E-state index is 5.87. The molecule has 2 aliphatic heterocycles. The van der Waals surface area contributed by atoms with Crippen LogP contribution in [0.5, 0.6) is 5.75 Å². The summed E-state index contributed by atoms with van der Waals surface area (Å²) in [6, 6.07) is 12.8. The van der Waals surface area contributed by atoms with Crippen LogP contribution in [0.4, 0.5) is 11.5 Å². The lowest BCUT2D eigenvalue weighted by molar-refractivity contribution is 0.0512. The number of fused-ring (bicyclic) bond motifs is 2. The fourth-order valence-electron chi connectivity index (χ4n) is 5.86.